The number of amides is 1. The first-order chi connectivity index (χ1) is 5.75. The van der Waals surface area contributed by atoms with Crippen LogP contribution in [0.15, 0.2) is 0 Å². The van der Waals surface area contributed by atoms with E-state index in [4.69, 9.17) is 0 Å². The van der Waals surface area contributed by atoms with E-state index >= 15 is 0 Å². The Balaban J connectivity index is 4.41. The summed E-state index contributed by atoms with van der Waals surface area (Å²) in [5.41, 5.74) is 0.278. The van der Waals surface area contributed by atoms with Gasteiger partial charge in [0.05, 0.1) is 5.60 Å². The second kappa shape index (κ2) is 3.97. The van der Waals surface area contributed by atoms with Gasteiger partial charge in [0.25, 0.3) is 0 Å². The fourth-order valence-electron chi connectivity index (χ4n) is 0.550. The zero-order valence-corrected chi connectivity index (χ0v) is 7.86. The average molecular weight is 196 g/mol. The van der Waals surface area contributed by atoms with Gasteiger partial charge in [-0.25, -0.2) is 5.84 Å². The lowest BCUT2D eigenvalue weighted by Crippen LogP contribution is -2.49. The molecule has 0 saturated heterocycles. The molecule has 0 fully saturated rings. The highest BCUT2D eigenvalue weighted by Gasteiger charge is 2.44. The monoisotopic (exact) mass is 196 g/mol. The van der Waals surface area contributed by atoms with Crippen LogP contribution in [0.2, 0.25) is 0 Å². The third-order valence-corrected chi connectivity index (χ3v) is 1.65. The molecule has 0 aliphatic rings. The highest BCUT2D eigenvalue weighted by atomic mass is 19.3. The zero-order chi connectivity index (χ0) is 10.7. The normalized spacial score (nSPS) is 12.8. The van der Waals surface area contributed by atoms with Crippen molar-refractivity contribution in [2.75, 3.05) is 0 Å². The first kappa shape index (κ1) is 12.2. The molecular weight excluding hydrogens is 182 g/mol. The van der Waals surface area contributed by atoms with Crippen LogP contribution in [0.4, 0.5) is 8.78 Å². The zero-order valence-electron chi connectivity index (χ0n) is 7.86. The lowest BCUT2D eigenvalue weighted by Gasteiger charge is -2.27. The number of nitrogens with one attached hydrogen (secondary N) is 1. The van der Waals surface area contributed by atoms with Gasteiger partial charge >= 0.3 is 12.0 Å². The van der Waals surface area contributed by atoms with Crippen molar-refractivity contribution < 1.29 is 18.3 Å². The number of carbonyl (C=O) groups is 1. The van der Waals surface area contributed by atoms with E-state index in [1.165, 1.54) is 19.3 Å². The fourth-order valence-corrected chi connectivity index (χ4v) is 0.550. The molecule has 6 heteroatoms. The minimum absolute atomic E-state index is 0.362. The molecular formula is C7H14F2N2O2. The van der Waals surface area contributed by atoms with Crippen molar-refractivity contribution in [2.24, 2.45) is 5.84 Å². The number of carbonyl (C=O) groups excluding carboxylic acids is 1. The van der Waals surface area contributed by atoms with Gasteiger partial charge in [0, 0.05) is 0 Å². The SMILES string of the molecule is CCC(C)(C)OC(F)(F)C(=O)NN. The third kappa shape index (κ3) is 3.65. The van der Waals surface area contributed by atoms with Gasteiger partial charge in [-0.2, -0.15) is 8.78 Å². The Morgan fingerprint density at radius 2 is 2.00 bits per heavy atom. The molecule has 0 radical (unpaired) electrons. The highest BCUT2D eigenvalue weighted by Crippen LogP contribution is 2.25. The summed E-state index contributed by atoms with van der Waals surface area (Å²) in [6, 6.07) is 0. The van der Waals surface area contributed by atoms with E-state index in [1.54, 1.807) is 6.92 Å². The molecule has 0 aliphatic carbocycles. The predicted molar refractivity (Wildman–Crippen MR) is 42.7 cm³/mol. The van der Waals surface area contributed by atoms with Crippen molar-refractivity contribution >= 4 is 5.91 Å². The van der Waals surface area contributed by atoms with Gasteiger partial charge in [0.2, 0.25) is 0 Å². The summed E-state index contributed by atoms with van der Waals surface area (Å²) < 4.78 is 29.9. The van der Waals surface area contributed by atoms with Crippen molar-refractivity contribution in [3.05, 3.63) is 0 Å². The van der Waals surface area contributed by atoms with Crippen LogP contribution in [0.3, 0.4) is 0 Å². The van der Waals surface area contributed by atoms with E-state index in [1.807, 2.05) is 0 Å². The molecule has 0 rings (SSSR count). The Bertz CT molecular complexity index is 195. The average Bonchev–Trinajstić information content (AvgIpc) is 2.01. The third-order valence-electron chi connectivity index (χ3n) is 1.65. The molecule has 78 valence electrons. The summed E-state index contributed by atoms with van der Waals surface area (Å²) >= 11 is 0. The van der Waals surface area contributed by atoms with Crippen LogP contribution in [0.5, 0.6) is 0 Å². The first-order valence-corrected chi connectivity index (χ1v) is 3.84. The molecule has 0 aromatic carbocycles. The van der Waals surface area contributed by atoms with Crippen LogP contribution in [0, 0.1) is 0 Å². The topological polar surface area (TPSA) is 64.3 Å². The number of nitrogens with two attached hydrogens (primary N) is 1. The molecule has 0 aliphatic heterocycles. The number of halogens is 2. The van der Waals surface area contributed by atoms with Crippen LogP contribution in [-0.2, 0) is 9.53 Å². The van der Waals surface area contributed by atoms with E-state index in [-0.39, 0.29) is 0 Å². The Morgan fingerprint density at radius 1 is 1.54 bits per heavy atom. The van der Waals surface area contributed by atoms with E-state index < -0.39 is 17.6 Å². The molecule has 0 atom stereocenters. The number of hydrogen-bond acceptors (Lipinski definition) is 3. The van der Waals surface area contributed by atoms with Crippen molar-refractivity contribution in [3.63, 3.8) is 0 Å². The lowest BCUT2D eigenvalue weighted by molar-refractivity contribution is -0.271. The Morgan fingerprint density at radius 3 is 2.31 bits per heavy atom. The number of ether oxygens (including phenoxy) is 1. The van der Waals surface area contributed by atoms with E-state index in [2.05, 4.69) is 10.6 Å². The molecule has 13 heavy (non-hydrogen) atoms. The molecule has 0 saturated carbocycles. The molecule has 1 amide bonds. The Hall–Kier alpha value is -0.750. The van der Waals surface area contributed by atoms with Gasteiger partial charge in [0.15, 0.2) is 0 Å². The highest BCUT2D eigenvalue weighted by molar-refractivity contribution is 5.81. The lowest BCUT2D eigenvalue weighted by atomic mass is 10.1. The second-order valence-electron chi connectivity index (χ2n) is 3.21. The molecule has 3 N–H and O–H groups in total. The molecule has 0 bridgehead atoms. The predicted octanol–water partition coefficient (Wildman–Crippen LogP) is 0.774. The Labute approximate surface area is 75.4 Å². The fraction of sp³-hybridized carbons (Fsp3) is 0.857. The smallest absolute Gasteiger partial charge is 0.307 e. The minimum Gasteiger partial charge on any atom is -0.307 e. The maximum absolute atomic E-state index is 12.8. The number of rotatable bonds is 4. The maximum Gasteiger partial charge on any atom is 0.438 e. The van der Waals surface area contributed by atoms with Crippen LogP contribution in [0.1, 0.15) is 27.2 Å². The van der Waals surface area contributed by atoms with Gasteiger partial charge in [-0.15, -0.1) is 0 Å². The molecule has 0 aromatic heterocycles. The molecule has 0 heterocycles. The van der Waals surface area contributed by atoms with Crippen molar-refractivity contribution in [2.45, 2.75) is 38.9 Å². The van der Waals surface area contributed by atoms with Crippen molar-refractivity contribution in [1.29, 1.82) is 0 Å². The molecule has 0 aromatic rings. The summed E-state index contributed by atoms with van der Waals surface area (Å²) in [5, 5.41) is 0. The number of hydrazine groups is 1. The Kier molecular flexibility index (Phi) is 3.74. The largest absolute Gasteiger partial charge is 0.438 e. The molecule has 0 unspecified atom stereocenters. The van der Waals surface area contributed by atoms with Crippen LogP contribution >= 0.6 is 0 Å². The number of alkyl halides is 2. The van der Waals surface area contributed by atoms with Gasteiger partial charge in [-0.1, -0.05) is 6.92 Å². The van der Waals surface area contributed by atoms with Crippen molar-refractivity contribution in [1.82, 2.24) is 5.43 Å². The number of hydrogen-bond donors (Lipinski definition) is 2. The van der Waals surface area contributed by atoms with Gasteiger partial charge in [-0.3, -0.25) is 10.2 Å². The van der Waals surface area contributed by atoms with Gasteiger partial charge < -0.3 is 4.74 Å². The van der Waals surface area contributed by atoms with E-state index in [0.29, 0.717) is 6.42 Å². The maximum atomic E-state index is 12.8. The summed E-state index contributed by atoms with van der Waals surface area (Å²) in [4.78, 5) is 10.5. The van der Waals surface area contributed by atoms with Crippen LogP contribution < -0.4 is 11.3 Å². The summed E-state index contributed by atoms with van der Waals surface area (Å²) in [5.74, 6) is 2.91. The summed E-state index contributed by atoms with van der Waals surface area (Å²) in [7, 11) is 0. The van der Waals surface area contributed by atoms with Crippen LogP contribution in [-0.4, -0.2) is 17.6 Å². The van der Waals surface area contributed by atoms with Crippen LogP contribution in [0.25, 0.3) is 0 Å². The van der Waals surface area contributed by atoms with Gasteiger partial charge in [0.1, 0.15) is 0 Å². The van der Waals surface area contributed by atoms with Gasteiger partial charge in [-0.05, 0) is 20.3 Å². The molecule has 4 nitrogen and oxygen atoms in total. The van der Waals surface area contributed by atoms with E-state index in [0.717, 1.165) is 0 Å². The van der Waals surface area contributed by atoms with E-state index in [9.17, 15) is 13.6 Å². The molecule has 0 spiro atoms. The quantitative estimate of drug-likeness (QED) is 0.396. The standard InChI is InChI=1S/C7H14F2N2O2/c1-4-6(2,3)13-7(8,9)5(12)11-10/h4,10H2,1-3H3,(H,11,12). The van der Waals surface area contributed by atoms with Crippen molar-refractivity contribution in [3.8, 4) is 0 Å². The second-order valence-corrected chi connectivity index (χ2v) is 3.21. The minimum atomic E-state index is -3.88. The summed E-state index contributed by atoms with van der Waals surface area (Å²) in [6.07, 6.45) is -3.52. The summed E-state index contributed by atoms with van der Waals surface area (Å²) in [6.45, 7) is 4.60. The first-order valence-electron chi connectivity index (χ1n) is 3.84.